The Bertz CT molecular complexity index is 1110. The van der Waals surface area contributed by atoms with Crippen molar-refractivity contribution < 1.29 is 42.1 Å². The van der Waals surface area contributed by atoms with E-state index in [0.717, 1.165) is 64.2 Å². The molecule has 0 aromatic rings. The number of carbonyl (C=O) groups excluding carboxylic acids is 2. The molecule has 0 fully saturated rings. The Kier molecular flexibility index (Phi) is 34.8. The van der Waals surface area contributed by atoms with Crippen molar-refractivity contribution >= 4 is 19.8 Å². The smallest absolute Gasteiger partial charge is 0.306 e. The maximum absolute atomic E-state index is 12.6. The lowest BCUT2D eigenvalue weighted by atomic mass is 10.1. The lowest BCUT2D eigenvalue weighted by Crippen LogP contribution is -2.37. The maximum atomic E-state index is 12.6. The number of phosphoric ester groups is 1. The highest BCUT2D eigenvalue weighted by Gasteiger charge is 2.21. The zero-order chi connectivity index (χ0) is 40.0. The second-order valence-electron chi connectivity index (χ2n) is 15.1. The molecular formula is C44H78NO8P. The Hall–Kier alpha value is -2.29. The van der Waals surface area contributed by atoms with Gasteiger partial charge in [0.2, 0.25) is 0 Å². The molecule has 0 amide bonds. The predicted molar refractivity (Wildman–Crippen MR) is 222 cm³/mol. The Morgan fingerprint density at radius 2 is 1.07 bits per heavy atom. The minimum atomic E-state index is -4.63. The number of nitrogens with zero attached hydrogens (tertiary/aromatic N) is 1. The van der Waals surface area contributed by atoms with E-state index < -0.39 is 32.5 Å². The van der Waals surface area contributed by atoms with E-state index in [-0.39, 0.29) is 26.1 Å². The van der Waals surface area contributed by atoms with Gasteiger partial charge >= 0.3 is 11.9 Å². The van der Waals surface area contributed by atoms with Crippen molar-refractivity contribution in [1.82, 2.24) is 0 Å². The highest BCUT2D eigenvalue weighted by molar-refractivity contribution is 7.45. The monoisotopic (exact) mass is 780 g/mol. The van der Waals surface area contributed by atoms with Crippen LogP contribution in [-0.2, 0) is 32.7 Å². The van der Waals surface area contributed by atoms with Gasteiger partial charge in [0.1, 0.15) is 19.8 Å². The van der Waals surface area contributed by atoms with Gasteiger partial charge in [-0.1, -0.05) is 145 Å². The number of hydrogen-bond donors (Lipinski definition) is 0. The van der Waals surface area contributed by atoms with Crippen molar-refractivity contribution in [3.63, 3.8) is 0 Å². The number of unbranched alkanes of at least 4 members (excludes halogenated alkanes) is 16. The van der Waals surface area contributed by atoms with E-state index >= 15 is 0 Å². The molecule has 312 valence electrons. The van der Waals surface area contributed by atoms with Gasteiger partial charge in [-0.3, -0.25) is 14.2 Å². The van der Waals surface area contributed by atoms with Gasteiger partial charge in [-0.05, 0) is 57.8 Å². The number of rotatable bonds is 37. The molecule has 0 rings (SSSR count). The molecular weight excluding hydrogens is 701 g/mol. The predicted octanol–water partition coefficient (Wildman–Crippen LogP) is 11.1. The summed E-state index contributed by atoms with van der Waals surface area (Å²) < 4.78 is 33.8. The second-order valence-corrected chi connectivity index (χ2v) is 16.5. The molecule has 10 heteroatoms. The fourth-order valence-corrected chi connectivity index (χ4v) is 6.03. The van der Waals surface area contributed by atoms with Gasteiger partial charge in [0.05, 0.1) is 27.7 Å². The van der Waals surface area contributed by atoms with Gasteiger partial charge in [-0.15, -0.1) is 0 Å². The average molecular weight is 780 g/mol. The van der Waals surface area contributed by atoms with E-state index in [1.807, 2.05) is 51.5 Å². The van der Waals surface area contributed by atoms with Gasteiger partial charge in [0.25, 0.3) is 7.82 Å². The summed E-state index contributed by atoms with van der Waals surface area (Å²) in [6, 6.07) is 0. The first-order valence-electron chi connectivity index (χ1n) is 21.0. The zero-order valence-electron chi connectivity index (χ0n) is 34.9. The topological polar surface area (TPSA) is 111 Å². The molecule has 0 aliphatic carbocycles. The maximum Gasteiger partial charge on any atom is 0.306 e. The van der Waals surface area contributed by atoms with Gasteiger partial charge < -0.3 is 27.9 Å². The van der Waals surface area contributed by atoms with Crippen molar-refractivity contribution in [1.29, 1.82) is 0 Å². The van der Waals surface area contributed by atoms with Crippen LogP contribution in [0, 0.1) is 0 Å². The Morgan fingerprint density at radius 1 is 0.593 bits per heavy atom. The quantitative estimate of drug-likeness (QED) is 0.0153. The molecule has 0 spiro atoms. The molecule has 0 saturated carbocycles. The molecule has 0 radical (unpaired) electrons. The summed E-state index contributed by atoms with van der Waals surface area (Å²) in [6.45, 7) is 4.02. The lowest BCUT2D eigenvalue weighted by molar-refractivity contribution is -0.870. The minimum Gasteiger partial charge on any atom is -0.756 e. The zero-order valence-corrected chi connectivity index (χ0v) is 35.8. The molecule has 9 nitrogen and oxygen atoms in total. The number of allylic oxidation sites excluding steroid dienone is 10. The van der Waals surface area contributed by atoms with E-state index in [2.05, 4.69) is 44.2 Å². The van der Waals surface area contributed by atoms with Crippen molar-refractivity contribution in [2.24, 2.45) is 0 Å². The minimum absolute atomic E-state index is 0.0408. The molecule has 0 aliphatic heterocycles. The number of hydrogen-bond acceptors (Lipinski definition) is 8. The van der Waals surface area contributed by atoms with Crippen molar-refractivity contribution in [2.45, 2.75) is 161 Å². The Labute approximate surface area is 330 Å². The molecule has 0 heterocycles. The molecule has 0 aromatic heterocycles. The molecule has 0 saturated heterocycles. The molecule has 2 atom stereocenters. The summed E-state index contributed by atoms with van der Waals surface area (Å²) in [4.78, 5) is 37.5. The molecule has 54 heavy (non-hydrogen) atoms. The van der Waals surface area contributed by atoms with Crippen LogP contribution in [0.25, 0.3) is 0 Å². The third-order valence-corrected chi connectivity index (χ3v) is 9.58. The number of phosphoric acid groups is 1. The summed E-state index contributed by atoms with van der Waals surface area (Å²) in [5.41, 5.74) is 0. The van der Waals surface area contributed by atoms with E-state index in [1.165, 1.54) is 51.4 Å². The van der Waals surface area contributed by atoms with Crippen molar-refractivity contribution in [2.75, 3.05) is 47.5 Å². The SMILES string of the molecule is CC/C=C/C=C/C=C/C=C/CCCCCCCC(=O)O[C@H](COC(=O)CCCCC/C=C/CCCCCCCCCC)COP(=O)([O-])OCC[N+](C)(C)C. The van der Waals surface area contributed by atoms with E-state index in [4.69, 9.17) is 18.5 Å². The number of esters is 2. The van der Waals surface area contributed by atoms with E-state index in [9.17, 15) is 19.0 Å². The number of quaternary nitrogens is 1. The fourth-order valence-electron chi connectivity index (χ4n) is 5.31. The van der Waals surface area contributed by atoms with Crippen molar-refractivity contribution in [3.05, 3.63) is 60.8 Å². The normalized spacial score (nSPS) is 14.3. The Balaban J connectivity index is 4.46. The van der Waals surface area contributed by atoms with Crippen LogP contribution < -0.4 is 4.89 Å². The first-order chi connectivity index (χ1) is 26.0. The largest absolute Gasteiger partial charge is 0.756 e. The summed E-state index contributed by atoms with van der Waals surface area (Å²) in [7, 11) is 1.13. The fraction of sp³-hybridized carbons (Fsp3) is 0.727. The third-order valence-electron chi connectivity index (χ3n) is 8.62. The van der Waals surface area contributed by atoms with Crippen LogP contribution in [0.5, 0.6) is 0 Å². The standard InChI is InChI=1S/C44H78NO8P/c1-6-8-10-12-14-16-18-20-22-24-26-28-30-32-34-36-43(46)50-40-42(41-52-54(48,49)51-39-38-45(3,4)5)53-44(47)37-35-33-31-29-27-25-23-21-19-17-15-13-11-9-7-2/h9,11,13,15,17,19,21,23-24,26,42H,6-8,10,12,14,16,18,20,22,25,27-41H2,1-5H3/b11-9+,15-13+,19-17+,23-21+,26-24+/t42-/m1/s1. The van der Waals surface area contributed by atoms with E-state index in [1.54, 1.807) is 0 Å². The van der Waals surface area contributed by atoms with Gasteiger partial charge in [0.15, 0.2) is 6.10 Å². The first kappa shape index (κ1) is 51.7. The second kappa shape index (κ2) is 36.4. The van der Waals surface area contributed by atoms with Crippen LogP contribution in [0.1, 0.15) is 155 Å². The van der Waals surface area contributed by atoms with Gasteiger partial charge in [-0.25, -0.2) is 0 Å². The van der Waals surface area contributed by atoms with Gasteiger partial charge in [0, 0.05) is 12.8 Å². The molecule has 0 N–H and O–H groups in total. The molecule has 0 aliphatic rings. The summed E-state index contributed by atoms with van der Waals surface area (Å²) in [5, 5.41) is 0. The Morgan fingerprint density at radius 3 is 1.65 bits per heavy atom. The van der Waals surface area contributed by atoms with Crippen LogP contribution in [0.2, 0.25) is 0 Å². The highest BCUT2D eigenvalue weighted by atomic mass is 31.2. The van der Waals surface area contributed by atoms with Crippen LogP contribution in [0.15, 0.2) is 60.8 Å². The summed E-state index contributed by atoms with van der Waals surface area (Å²) in [6.07, 6.45) is 42.5. The first-order valence-corrected chi connectivity index (χ1v) is 22.5. The molecule has 0 aromatic carbocycles. The van der Waals surface area contributed by atoms with Crippen LogP contribution >= 0.6 is 7.82 Å². The average Bonchev–Trinajstić information content (AvgIpc) is 3.12. The van der Waals surface area contributed by atoms with Crippen molar-refractivity contribution in [3.8, 4) is 0 Å². The third kappa shape index (κ3) is 39.4. The summed E-state index contributed by atoms with van der Waals surface area (Å²) >= 11 is 0. The van der Waals surface area contributed by atoms with Crippen LogP contribution in [0.4, 0.5) is 0 Å². The number of likely N-dealkylation sites (N-methyl/N-ethyl adjacent to an activating group) is 1. The lowest BCUT2D eigenvalue weighted by Gasteiger charge is -2.28. The number of ether oxygens (including phenoxy) is 2. The molecule has 0 bridgehead atoms. The molecule has 1 unspecified atom stereocenters. The number of carbonyl (C=O) groups is 2. The van der Waals surface area contributed by atoms with Crippen LogP contribution in [-0.4, -0.2) is 70.0 Å². The summed E-state index contributed by atoms with van der Waals surface area (Å²) in [5.74, 6) is -0.885. The van der Waals surface area contributed by atoms with Crippen LogP contribution in [0.3, 0.4) is 0 Å². The highest BCUT2D eigenvalue weighted by Crippen LogP contribution is 2.38. The van der Waals surface area contributed by atoms with E-state index in [0.29, 0.717) is 23.9 Å². The van der Waals surface area contributed by atoms with Gasteiger partial charge in [-0.2, -0.15) is 0 Å².